The van der Waals surface area contributed by atoms with Crippen LogP contribution in [0.25, 0.3) is 0 Å². The first-order valence-corrected chi connectivity index (χ1v) is 6.19. The molecular weight excluding hydrogens is 212 g/mol. The summed E-state index contributed by atoms with van der Waals surface area (Å²) in [5, 5.41) is 2.78. The maximum atomic E-state index is 11.2. The van der Waals surface area contributed by atoms with E-state index in [0.717, 1.165) is 11.3 Å². The summed E-state index contributed by atoms with van der Waals surface area (Å²) in [5.41, 5.74) is 1.96. The van der Waals surface area contributed by atoms with Gasteiger partial charge in [-0.2, -0.15) is 0 Å². The fourth-order valence-corrected chi connectivity index (χ4v) is 1.25. The van der Waals surface area contributed by atoms with Gasteiger partial charge in [-0.15, -0.1) is 0 Å². The van der Waals surface area contributed by atoms with Crippen LogP contribution in [0.15, 0.2) is 36.1 Å². The zero-order valence-corrected chi connectivity index (χ0v) is 12.0. The van der Waals surface area contributed by atoms with Crippen LogP contribution in [0.2, 0.25) is 0 Å². The molecule has 0 aromatic carbocycles. The molecule has 1 heterocycles. The minimum atomic E-state index is -0.0608. The van der Waals surface area contributed by atoms with Crippen LogP contribution in [-0.2, 0) is 0 Å². The standard InChI is InChI=1S/C10H14N2O.2C2H6/c1-4-6-8-7-12(3)10(13)11-9(8)5-2;2*1-2/h4-6H,1,7H2,2-3H3,(H,11,13);2*1-2H3/b8-6-,9-5+;;. The number of hydrogen-bond donors (Lipinski definition) is 1. The molecule has 0 unspecified atom stereocenters. The zero-order chi connectivity index (χ0) is 13.8. The van der Waals surface area contributed by atoms with Crippen LogP contribution in [0.1, 0.15) is 34.6 Å². The molecule has 2 amide bonds. The van der Waals surface area contributed by atoms with E-state index in [1.165, 1.54) is 0 Å². The second-order valence-corrected chi connectivity index (χ2v) is 2.92. The minimum absolute atomic E-state index is 0.0608. The molecule has 3 nitrogen and oxygen atoms in total. The van der Waals surface area contributed by atoms with Crippen molar-refractivity contribution in [3.8, 4) is 0 Å². The third kappa shape index (κ3) is 5.95. The molecule has 1 saturated heterocycles. The zero-order valence-electron chi connectivity index (χ0n) is 12.0. The average Bonchev–Trinajstić information content (AvgIpc) is 2.38. The Balaban J connectivity index is 0. The molecule has 17 heavy (non-hydrogen) atoms. The topological polar surface area (TPSA) is 32.3 Å². The van der Waals surface area contributed by atoms with Crippen molar-refractivity contribution in [2.45, 2.75) is 34.6 Å². The molecule has 1 aliphatic heterocycles. The number of allylic oxidation sites excluding steroid dienone is 3. The Labute approximate surface area is 106 Å². The summed E-state index contributed by atoms with van der Waals surface area (Å²) >= 11 is 0. The Morgan fingerprint density at radius 2 is 1.82 bits per heavy atom. The second kappa shape index (κ2) is 11.0. The number of carbonyl (C=O) groups excluding carboxylic acids is 1. The predicted molar refractivity (Wildman–Crippen MR) is 75.9 cm³/mol. The van der Waals surface area contributed by atoms with E-state index in [-0.39, 0.29) is 6.03 Å². The van der Waals surface area contributed by atoms with Crippen LogP contribution in [0.5, 0.6) is 0 Å². The van der Waals surface area contributed by atoms with Crippen molar-refractivity contribution >= 4 is 6.03 Å². The number of nitrogens with zero attached hydrogens (tertiary/aromatic N) is 1. The summed E-state index contributed by atoms with van der Waals surface area (Å²) in [6.07, 6.45) is 5.52. The van der Waals surface area contributed by atoms with Gasteiger partial charge in [0.2, 0.25) is 0 Å². The number of hydrogen-bond acceptors (Lipinski definition) is 1. The quantitative estimate of drug-likeness (QED) is 0.742. The third-order valence-corrected chi connectivity index (χ3v) is 1.95. The summed E-state index contributed by atoms with van der Waals surface area (Å²) in [5.74, 6) is 0. The molecule has 1 aliphatic rings. The number of likely N-dealkylation sites (N-methyl/N-ethyl adjacent to an activating group) is 1. The maximum absolute atomic E-state index is 11.2. The molecule has 1 rings (SSSR count). The monoisotopic (exact) mass is 238 g/mol. The van der Waals surface area contributed by atoms with Gasteiger partial charge in [-0.3, -0.25) is 0 Å². The molecule has 1 fully saturated rings. The van der Waals surface area contributed by atoms with Gasteiger partial charge >= 0.3 is 6.03 Å². The predicted octanol–water partition coefficient (Wildman–Crippen LogP) is 3.71. The van der Waals surface area contributed by atoms with E-state index in [1.54, 1.807) is 18.0 Å². The summed E-state index contributed by atoms with van der Waals surface area (Å²) in [6.45, 7) is 14.2. The van der Waals surface area contributed by atoms with Gasteiger partial charge in [-0.05, 0) is 12.5 Å². The number of amides is 2. The van der Waals surface area contributed by atoms with Crippen LogP contribution in [0.3, 0.4) is 0 Å². The maximum Gasteiger partial charge on any atom is 0.321 e. The van der Waals surface area contributed by atoms with Gasteiger partial charge < -0.3 is 10.2 Å². The fraction of sp³-hybridized carbons (Fsp3) is 0.500. The van der Waals surface area contributed by atoms with Gasteiger partial charge in [0, 0.05) is 19.3 Å². The van der Waals surface area contributed by atoms with E-state index in [0.29, 0.717) is 6.54 Å². The van der Waals surface area contributed by atoms with E-state index in [4.69, 9.17) is 0 Å². The Morgan fingerprint density at radius 3 is 2.24 bits per heavy atom. The van der Waals surface area contributed by atoms with Crippen LogP contribution in [0, 0.1) is 0 Å². The molecule has 0 aliphatic carbocycles. The highest BCUT2D eigenvalue weighted by atomic mass is 16.2. The summed E-state index contributed by atoms with van der Waals surface area (Å²) in [4.78, 5) is 12.9. The van der Waals surface area contributed by atoms with Crippen molar-refractivity contribution in [1.82, 2.24) is 10.2 Å². The molecule has 98 valence electrons. The fourth-order valence-electron chi connectivity index (χ4n) is 1.25. The van der Waals surface area contributed by atoms with Crippen molar-refractivity contribution in [3.63, 3.8) is 0 Å². The van der Waals surface area contributed by atoms with Gasteiger partial charge in [-0.1, -0.05) is 52.5 Å². The van der Waals surface area contributed by atoms with Crippen molar-refractivity contribution in [3.05, 3.63) is 36.1 Å². The first-order valence-electron chi connectivity index (χ1n) is 6.19. The first-order chi connectivity index (χ1) is 8.19. The molecule has 0 radical (unpaired) electrons. The normalized spacial score (nSPS) is 18.7. The molecule has 1 N–H and O–H groups in total. The smallest absolute Gasteiger partial charge is 0.321 e. The molecule has 3 heteroatoms. The third-order valence-electron chi connectivity index (χ3n) is 1.95. The largest absolute Gasteiger partial charge is 0.323 e. The Kier molecular flexibility index (Phi) is 11.6. The number of urea groups is 1. The van der Waals surface area contributed by atoms with Gasteiger partial charge in [0.05, 0.1) is 0 Å². The molecule has 0 aromatic rings. The summed E-state index contributed by atoms with van der Waals surface area (Å²) in [7, 11) is 1.76. The van der Waals surface area contributed by atoms with Crippen LogP contribution in [0.4, 0.5) is 4.79 Å². The van der Waals surface area contributed by atoms with Crippen LogP contribution >= 0.6 is 0 Å². The highest BCUT2D eigenvalue weighted by Gasteiger charge is 2.19. The van der Waals surface area contributed by atoms with Crippen molar-refractivity contribution in [2.75, 3.05) is 13.6 Å². The Bertz CT molecular complexity index is 291. The molecule has 0 spiro atoms. The lowest BCUT2D eigenvalue weighted by atomic mass is 10.1. The van der Waals surface area contributed by atoms with Crippen LogP contribution in [-0.4, -0.2) is 24.5 Å². The highest BCUT2D eigenvalue weighted by Crippen LogP contribution is 2.14. The second-order valence-electron chi connectivity index (χ2n) is 2.92. The van der Waals surface area contributed by atoms with Gasteiger partial charge in [0.1, 0.15) is 0 Å². The average molecular weight is 238 g/mol. The summed E-state index contributed by atoms with van der Waals surface area (Å²) < 4.78 is 0. The van der Waals surface area contributed by atoms with Gasteiger partial charge in [-0.25, -0.2) is 4.79 Å². The van der Waals surface area contributed by atoms with E-state index in [1.807, 2.05) is 46.8 Å². The molecule has 0 atom stereocenters. The van der Waals surface area contributed by atoms with Crippen molar-refractivity contribution in [2.24, 2.45) is 0 Å². The molecule has 0 aromatic heterocycles. The van der Waals surface area contributed by atoms with Gasteiger partial charge in [0.15, 0.2) is 0 Å². The molecular formula is C14H26N2O. The van der Waals surface area contributed by atoms with Crippen LogP contribution < -0.4 is 5.32 Å². The number of rotatable bonds is 1. The van der Waals surface area contributed by atoms with Gasteiger partial charge in [0.25, 0.3) is 0 Å². The SMILES string of the molecule is C=C/C=C1/CN(C)C(=O)N/C1=C/C.CC.CC. The first kappa shape index (κ1) is 17.9. The van der Waals surface area contributed by atoms with E-state index in [9.17, 15) is 4.79 Å². The number of carbonyl (C=O) groups is 1. The van der Waals surface area contributed by atoms with Crippen molar-refractivity contribution < 1.29 is 4.79 Å². The highest BCUT2D eigenvalue weighted by molar-refractivity contribution is 5.79. The molecule has 0 saturated carbocycles. The van der Waals surface area contributed by atoms with E-state index < -0.39 is 0 Å². The Hall–Kier alpha value is -1.51. The lowest BCUT2D eigenvalue weighted by Crippen LogP contribution is -2.44. The summed E-state index contributed by atoms with van der Waals surface area (Å²) in [6, 6.07) is -0.0608. The lowest BCUT2D eigenvalue weighted by molar-refractivity contribution is 0.211. The van der Waals surface area contributed by atoms with E-state index >= 15 is 0 Å². The lowest BCUT2D eigenvalue weighted by Gasteiger charge is -2.27. The minimum Gasteiger partial charge on any atom is -0.323 e. The number of nitrogens with one attached hydrogen (secondary N) is 1. The van der Waals surface area contributed by atoms with E-state index in [2.05, 4.69) is 11.9 Å². The Morgan fingerprint density at radius 1 is 1.29 bits per heavy atom. The molecule has 0 bridgehead atoms. The van der Waals surface area contributed by atoms with Crippen molar-refractivity contribution in [1.29, 1.82) is 0 Å².